The minimum absolute atomic E-state index is 0.0244. The van der Waals surface area contributed by atoms with Gasteiger partial charge in [0.1, 0.15) is 6.10 Å². The van der Waals surface area contributed by atoms with E-state index in [-0.39, 0.29) is 105 Å². The molecule has 0 aromatic heterocycles. The minimum atomic E-state index is -0.755. The lowest BCUT2D eigenvalue weighted by Gasteiger charge is -2.53. The van der Waals surface area contributed by atoms with E-state index in [0.29, 0.717) is 25.7 Å². The van der Waals surface area contributed by atoms with Crippen molar-refractivity contribution >= 4 is 0 Å². The van der Waals surface area contributed by atoms with Crippen LogP contribution in [0.4, 0.5) is 0 Å². The van der Waals surface area contributed by atoms with Crippen LogP contribution >= 0.6 is 0 Å². The van der Waals surface area contributed by atoms with Crippen LogP contribution in [0.25, 0.3) is 0 Å². The zero-order valence-corrected chi connectivity index (χ0v) is 32.7. The molecule has 14 heteroatoms. The summed E-state index contributed by atoms with van der Waals surface area (Å²) in [5.41, 5.74) is -1.51. The molecule has 0 aromatic carbocycles. The van der Waals surface area contributed by atoms with Gasteiger partial charge in [-0.05, 0) is 65.7 Å². The third kappa shape index (κ3) is 6.87. The Hall–Kier alpha value is -0.560. The van der Waals surface area contributed by atoms with Gasteiger partial charge in [0.05, 0.1) is 133 Å². The molecule has 0 spiro atoms. The standard InChI is InChI=1S/C41H64O14/c1-39-9-5-24-27(51-37(39)16-29-32(53-39)13-20(44)22(46-29)7-11-42)14-34-31(48-24)18-38-41(3,55-34)10-6-25-28(52-38)15-33-30(47-25)17-36-40(2,54-33)8-4-23-26(50-36)12-21(45)35(19-43)49-23/h20-38,42-45H,4-19H2,1-3H3/t20-,21+,22+,23+,24+,25+,26-,27-,28-,29-,30-,31-,32+,33+,34+,35-,36+,37+,38+,39-,40-,41?/m1/s1. The van der Waals surface area contributed by atoms with Gasteiger partial charge in [-0.2, -0.15) is 0 Å². The van der Waals surface area contributed by atoms with E-state index in [1.54, 1.807) is 0 Å². The van der Waals surface area contributed by atoms with Crippen molar-refractivity contribution in [2.75, 3.05) is 13.2 Å². The Bertz CT molecular complexity index is 1390. The second kappa shape index (κ2) is 14.6. The third-order valence-corrected chi connectivity index (χ3v) is 15.7. The van der Waals surface area contributed by atoms with E-state index in [1.165, 1.54) is 0 Å². The van der Waals surface area contributed by atoms with E-state index in [0.717, 1.165) is 64.2 Å². The fourth-order valence-electron chi connectivity index (χ4n) is 12.3. The van der Waals surface area contributed by atoms with Gasteiger partial charge in [-0.3, -0.25) is 0 Å². The summed E-state index contributed by atoms with van der Waals surface area (Å²) in [7, 11) is 0. The number of fused-ring (bicyclic) bond motifs is 9. The highest BCUT2D eigenvalue weighted by Gasteiger charge is 2.60. The first-order chi connectivity index (χ1) is 26.4. The molecular weight excluding hydrogens is 716 g/mol. The van der Waals surface area contributed by atoms with E-state index in [1.807, 2.05) is 0 Å². The summed E-state index contributed by atoms with van der Waals surface area (Å²) in [6, 6.07) is 0. The van der Waals surface area contributed by atoms with E-state index in [4.69, 9.17) is 47.4 Å². The van der Waals surface area contributed by atoms with Crippen molar-refractivity contribution in [1.29, 1.82) is 0 Å². The maximum absolute atomic E-state index is 10.7. The van der Waals surface area contributed by atoms with Gasteiger partial charge in [-0.25, -0.2) is 0 Å². The van der Waals surface area contributed by atoms with E-state index >= 15 is 0 Å². The molecule has 14 nitrogen and oxygen atoms in total. The van der Waals surface area contributed by atoms with Gasteiger partial charge in [-0.15, -0.1) is 0 Å². The molecule has 1 unspecified atom stereocenters. The van der Waals surface area contributed by atoms with Crippen molar-refractivity contribution in [2.45, 2.75) is 243 Å². The van der Waals surface area contributed by atoms with Crippen LogP contribution in [0.2, 0.25) is 0 Å². The summed E-state index contributed by atoms with van der Waals surface area (Å²) in [5.74, 6) is 0. The molecule has 312 valence electrons. The van der Waals surface area contributed by atoms with Crippen LogP contribution in [0.3, 0.4) is 0 Å². The second-order valence-corrected chi connectivity index (χ2v) is 19.3. The number of hydrogen-bond donors (Lipinski definition) is 4. The zero-order valence-electron chi connectivity index (χ0n) is 32.7. The summed E-state index contributed by atoms with van der Waals surface area (Å²) in [5, 5.41) is 40.5. The molecule has 10 saturated heterocycles. The van der Waals surface area contributed by atoms with Crippen LogP contribution in [0.5, 0.6) is 0 Å². The van der Waals surface area contributed by atoms with E-state index < -0.39 is 41.2 Å². The lowest BCUT2D eigenvalue weighted by Crippen LogP contribution is -2.62. The zero-order chi connectivity index (χ0) is 37.9. The van der Waals surface area contributed by atoms with Crippen LogP contribution in [0.15, 0.2) is 0 Å². The third-order valence-electron chi connectivity index (χ3n) is 15.7. The molecule has 0 saturated carbocycles. The van der Waals surface area contributed by atoms with Gasteiger partial charge in [-0.1, -0.05) is 0 Å². The highest BCUT2D eigenvalue weighted by atomic mass is 16.6. The predicted molar refractivity (Wildman–Crippen MR) is 191 cm³/mol. The van der Waals surface area contributed by atoms with Gasteiger partial charge in [0.2, 0.25) is 0 Å². The number of aliphatic hydroxyl groups is 4. The van der Waals surface area contributed by atoms with Crippen LogP contribution in [-0.4, -0.2) is 166 Å². The Balaban J connectivity index is 0.795. The molecule has 10 fully saturated rings. The molecule has 0 aromatic rings. The molecule has 0 bridgehead atoms. The lowest BCUT2D eigenvalue weighted by molar-refractivity contribution is -0.312. The molecule has 4 N–H and O–H groups in total. The van der Waals surface area contributed by atoms with Gasteiger partial charge < -0.3 is 67.8 Å². The number of rotatable bonds is 3. The van der Waals surface area contributed by atoms with Crippen LogP contribution in [0.1, 0.15) is 111 Å². The highest BCUT2D eigenvalue weighted by molar-refractivity contribution is 5.08. The van der Waals surface area contributed by atoms with Crippen LogP contribution < -0.4 is 0 Å². The molecule has 0 aliphatic carbocycles. The molecule has 10 aliphatic heterocycles. The topological polar surface area (TPSA) is 173 Å². The van der Waals surface area contributed by atoms with Gasteiger partial charge in [0.25, 0.3) is 0 Å². The Morgan fingerprint density at radius 1 is 0.418 bits per heavy atom. The summed E-state index contributed by atoms with van der Waals surface area (Å²) >= 11 is 0. The lowest BCUT2D eigenvalue weighted by atomic mass is 9.81. The van der Waals surface area contributed by atoms with E-state index in [2.05, 4.69) is 20.8 Å². The van der Waals surface area contributed by atoms with Crippen molar-refractivity contribution in [3.05, 3.63) is 0 Å². The molecule has 10 aliphatic rings. The Morgan fingerprint density at radius 3 is 1.25 bits per heavy atom. The molecular formula is C41H64O14. The number of aliphatic hydroxyl groups excluding tert-OH is 4. The highest BCUT2D eigenvalue weighted by Crippen LogP contribution is 2.51. The van der Waals surface area contributed by atoms with Gasteiger partial charge in [0.15, 0.2) is 0 Å². The first-order valence-electron chi connectivity index (χ1n) is 21.6. The van der Waals surface area contributed by atoms with Gasteiger partial charge >= 0.3 is 0 Å². The van der Waals surface area contributed by atoms with Crippen molar-refractivity contribution in [3.63, 3.8) is 0 Å². The Kier molecular flexibility index (Phi) is 10.2. The monoisotopic (exact) mass is 780 g/mol. The SMILES string of the molecule is CC12CC[C@@H]3O[C@@H]4C[C@@H]5O[C@@H]6C[C@H](O)[C@@H](CO)O[C@H]6CC[C@@]5(C)O[C@H]4C[C@H]3O[C@H]1C[C@H]1O[C@H]3CC[C@@]4(C)O[C@H]5C[C@@H](O)[C@H](CCO)O[C@@H]5C[C@@H]4O[C@@H]3C[C@@H]1O2. The van der Waals surface area contributed by atoms with Crippen molar-refractivity contribution in [3.8, 4) is 0 Å². The summed E-state index contributed by atoms with van der Waals surface area (Å²) < 4.78 is 67.6. The molecule has 10 rings (SSSR count). The Morgan fingerprint density at radius 2 is 0.782 bits per heavy atom. The fourth-order valence-corrected chi connectivity index (χ4v) is 12.3. The average molecular weight is 781 g/mol. The quantitative estimate of drug-likeness (QED) is 0.328. The minimum Gasteiger partial charge on any atom is -0.396 e. The second-order valence-electron chi connectivity index (χ2n) is 19.3. The van der Waals surface area contributed by atoms with Crippen molar-refractivity contribution in [1.82, 2.24) is 0 Å². The first-order valence-corrected chi connectivity index (χ1v) is 21.6. The molecule has 55 heavy (non-hydrogen) atoms. The predicted octanol–water partition coefficient (Wildman–Crippen LogP) is 2.00. The maximum atomic E-state index is 10.7. The smallest absolute Gasteiger partial charge is 0.107 e. The van der Waals surface area contributed by atoms with Crippen molar-refractivity contribution < 1.29 is 67.8 Å². The summed E-state index contributed by atoms with van der Waals surface area (Å²) in [6.45, 7) is 6.25. The van der Waals surface area contributed by atoms with E-state index in [9.17, 15) is 20.4 Å². The van der Waals surface area contributed by atoms with Crippen molar-refractivity contribution in [2.24, 2.45) is 0 Å². The first kappa shape index (κ1) is 38.6. The van der Waals surface area contributed by atoms with Gasteiger partial charge in [0, 0.05) is 51.6 Å². The normalized spacial score (nSPS) is 58.9. The molecule has 0 radical (unpaired) electrons. The fraction of sp³-hybridized carbons (Fsp3) is 1.00. The maximum Gasteiger partial charge on any atom is 0.107 e. The number of hydrogen-bond acceptors (Lipinski definition) is 14. The average Bonchev–Trinajstić information content (AvgIpc) is 3.44. The molecule has 0 amide bonds. The largest absolute Gasteiger partial charge is 0.396 e. The summed E-state index contributed by atoms with van der Waals surface area (Å²) in [4.78, 5) is 0. The molecule has 10 heterocycles. The van der Waals surface area contributed by atoms with Crippen LogP contribution in [0, 0.1) is 0 Å². The Labute approximate surface area is 324 Å². The molecule has 22 atom stereocenters. The van der Waals surface area contributed by atoms with Crippen LogP contribution in [-0.2, 0) is 47.4 Å². The summed E-state index contributed by atoms with van der Waals surface area (Å²) in [6.07, 6.45) is 5.22. The number of ether oxygens (including phenoxy) is 10.